The minimum Gasteiger partial charge on any atom is -0.494 e. The van der Waals surface area contributed by atoms with E-state index in [9.17, 15) is 0 Å². The smallest absolute Gasteiger partial charge is 0.160 e. The first-order valence-corrected chi connectivity index (χ1v) is 10.2. The van der Waals surface area contributed by atoms with Crippen LogP contribution in [0.25, 0.3) is 0 Å². The summed E-state index contributed by atoms with van der Waals surface area (Å²) in [6.07, 6.45) is 1.84. The zero-order chi connectivity index (χ0) is 17.4. The maximum absolute atomic E-state index is 5.94. The van der Waals surface area contributed by atoms with Gasteiger partial charge in [-0.25, -0.2) is 0 Å². The SMILES string of the molecule is CCOc1ccc(Br)cc1C1C(c2ccccn2)N=C2SC(C)CN21. The van der Waals surface area contributed by atoms with Gasteiger partial charge in [-0.15, -0.1) is 0 Å². The van der Waals surface area contributed by atoms with E-state index in [1.54, 1.807) is 0 Å². The number of nitrogens with zero attached hydrogens (tertiary/aromatic N) is 3. The number of benzene rings is 1. The Bertz CT molecular complexity index is 799. The van der Waals surface area contributed by atoms with Gasteiger partial charge in [0.2, 0.25) is 0 Å². The largest absolute Gasteiger partial charge is 0.494 e. The summed E-state index contributed by atoms with van der Waals surface area (Å²) in [5, 5.41) is 1.67. The summed E-state index contributed by atoms with van der Waals surface area (Å²) in [7, 11) is 0. The highest BCUT2D eigenvalue weighted by Crippen LogP contribution is 2.49. The highest BCUT2D eigenvalue weighted by atomic mass is 79.9. The third-order valence-electron chi connectivity index (χ3n) is 4.47. The van der Waals surface area contributed by atoms with Gasteiger partial charge in [0.05, 0.1) is 18.3 Å². The molecule has 0 bridgehead atoms. The van der Waals surface area contributed by atoms with Crippen LogP contribution >= 0.6 is 27.7 Å². The molecule has 2 aliphatic heterocycles. The van der Waals surface area contributed by atoms with Gasteiger partial charge in [0.25, 0.3) is 0 Å². The molecular weight excluding hydrogens is 398 g/mol. The van der Waals surface area contributed by atoms with Crippen LogP contribution in [0.15, 0.2) is 52.1 Å². The van der Waals surface area contributed by atoms with E-state index in [1.165, 1.54) is 5.56 Å². The van der Waals surface area contributed by atoms with Gasteiger partial charge in [-0.1, -0.05) is 40.7 Å². The van der Waals surface area contributed by atoms with Crippen molar-refractivity contribution in [3.05, 3.63) is 58.3 Å². The van der Waals surface area contributed by atoms with Gasteiger partial charge in [0.1, 0.15) is 11.8 Å². The first-order valence-electron chi connectivity index (χ1n) is 8.51. The van der Waals surface area contributed by atoms with Crippen LogP contribution in [0.2, 0.25) is 0 Å². The normalized spacial score (nSPS) is 25.0. The Hall–Kier alpha value is -1.53. The minimum absolute atomic E-state index is 0.00953. The van der Waals surface area contributed by atoms with Crippen molar-refractivity contribution in [1.82, 2.24) is 9.88 Å². The predicted molar refractivity (Wildman–Crippen MR) is 106 cm³/mol. The Morgan fingerprint density at radius 3 is 2.96 bits per heavy atom. The van der Waals surface area contributed by atoms with E-state index in [-0.39, 0.29) is 12.1 Å². The van der Waals surface area contributed by atoms with Crippen LogP contribution in [-0.4, -0.2) is 33.5 Å². The average molecular weight is 418 g/mol. The Labute approximate surface area is 160 Å². The fraction of sp³-hybridized carbons (Fsp3) is 0.368. The second-order valence-electron chi connectivity index (χ2n) is 6.25. The summed E-state index contributed by atoms with van der Waals surface area (Å²) in [5.74, 6) is 0.928. The lowest BCUT2D eigenvalue weighted by Crippen LogP contribution is -2.29. The van der Waals surface area contributed by atoms with Crippen LogP contribution in [0.5, 0.6) is 5.75 Å². The Balaban J connectivity index is 1.81. The number of aromatic nitrogens is 1. The summed E-state index contributed by atoms with van der Waals surface area (Å²) in [6, 6.07) is 12.4. The molecule has 3 heterocycles. The lowest BCUT2D eigenvalue weighted by atomic mass is 9.95. The van der Waals surface area contributed by atoms with E-state index >= 15 is 0 Å². The van der Waals surface area contributed by atoms with Crippen molar-refractivity contribution < 1.29 is 4.74 Å². The summed E-state index contributed by atoms with van der Waals surface area (Å²) < 4.78 is 6.99. The van der Waals surface area contributed by atoms with Gasteiger partial charge in [-0.2, -0.15) is 0 Å². The Morgan fingerprint density at radius 2 is 2.20 bits per heavy atom. The molecule has 1 aromatic carbocycles. The zero-order valence-corrected chi connectivity index (χ0v) is 16.6. The van der Waals surface area contributed by atoms with Gasteiger partial charge in [0, 0.05) is 28.0 Å². The second-order valence-corrected chi connectivity index (χ2v) is 8.57. The number of aliphatic imine (C=N–C) groups is 1. The molecule has 2 aromatic rings. The predicted octanol–water partition coefficient (Wildman–Crippen LogP) is 4.83. The third kappa shape index (κ3) is 3.17. The van der Waals surface area contributed by atoms with Crippen molar-refractivity contribution in [3.8, 4) is 5.75 Å². The van der Waals surface area contributed by atoms with Gasteiger partial charge >= 0.3 is 0 Å². The Kier molecular flexibility index (Phi) is 4.73. The third-order valence-corrected chi connectivity index (χ3v) is 6.07. The second kappa shape index (κ2) is 7.00. The maximum atomic E-state index is 5.94. The highest BCUT2D eigenvalue weighted by Gasteiger charge is 2.44. The number of fused-ring (bicyclic) bond motifs is 1. The molecule has 6 heteroatoms. The molecule has 1 aromatic heterocycles. The van der Waals surface area contributed by atoms with E-state index in [2.05, 4.69) is 44.9 Å². The van der Waals surface area contributed by atoms with Crippen LogP contribution < -0.4 is 4.74 Å². The fourth-order valence-electron chi connectivity index (χ4n) is 3.49. The number of halogens is 1. The molecule has 0 amide bonds. The standard InChI is InChI=1S/C19H20BrN3OS/c1-3-24-16-8-7-13(20)10-14(16)18-17(15-6-4-5-9-21-15)22-19-23(18)11-12(2)25-19/h4-10,12,17-18H,3,11H2,1-2H3. The molecule has 1 saturated heterocycles. The Morgan fingerprint density at radius 1 is 1.32 bits per heavy atom. The molecule has 0 saturated carbocycles. The van der Waals surface area contributed by atoms with Crippen LogP contribution in [0.3, 0.4) is 0 Å². The van der Waals surface area contributed by atoms with Crippen molar-refractivity contribution in [2.24, 2.45) is 4.99 Å². The van der Waals surface area contributed by atoms with Gasteiger partial charge in [-0.05, 0) is 37.3 Å². The van der Waals surface area contributed by atoms with E-state index in [0.29, 0.717) is 11.9 Å². The number of thioether (sulfide) groups is 1. The van der Waals surface area contributed by atoms with Crippen LogP contribution in [-0.2, 0) is 0 Å². The summed E-state index contributed by atoms with van der Waals surface area (Å²) in [5.41, 5.74) is 2.17. The van der Waals surface area contributed by atoms with E-state index in [1.807, 2.05) is 49.1 Å². The van der Waals surface area contributed by atoms with Crippen molar-refractivity contribution in [3.63, 3.8) is 0 Å². The lowest BCUT2D eigenvalue weighted by molar-refractivity contribution is 0.292. The summed E-state index contributed by atoms with van der Waals surface area (Å²) in [6.45, 7) is 5.92. The van der Waals surface area contributed by atoms with Crippen LogP contribution in [0, 0.1) is 0 Å². The molecule has 3 atom stereocenters. The molecule has 0 radical (unpaired) electrons. The number of hydrogen-bond acceptors (Lipinski definition) is 5. The zero-order valence-electron chi connectivity index (χ0n) is 14.2. The van der Waals surface area contributed by atoms with Gasteiger partial charge < -0.3 is 9.64 Å². The molecule has 3 unspecified atom stereocenters. The molecule has 2 aliphatic rings. The summed E-state index contributed by atoms with van der Waals surface area (Å²) >= 11 is 5.47. The summed E-state index contributed by atoms with van der Waals surface area (Å²) in [4.78, 5) is 12.0. The van der Waals surface area contributed by atoms with Gasteiger partial charge in [-0.3, -0.25) is 9.98 Å². The van der Waals surface area contributed by atoms with E-state index in [0.717, 1.165) is 27.6 Å². The lowest BCUT2D eigenvalue weighted by Gasteiger charge is -2.29. The number of hydrogen-bond donors (Lipinski definition) is 0. The number of amidine groups is 1. The van der Waals surface area contributed by atoms with Crippen molar-refractivity contribution >= 4 is 32.9 Å². The molecule has 0 spiro atoms. The average Bonchev–Trinajstić information content (AvgIpc) is 3.13. The molecule has 25 heavy (non-hydrogen) atoms. The van der Waals surface area contributed by atoms with Crippen molar-refractivity contribution in [1.29, 1.82) is 0 Å². The number of pyridine rings is 1. The fourth-order valence-corrected chi connectivity index (χ4v) is 4.96. The molecule has 4 rings (SSSR count). The molecular formula is C19H20BrN3OS. The first kappa shape index (κ1) is 16.9. The number of ether oxygens (including phenoxy) is 1. The van der Waals surface area contributed by atoms with Crippen LogP contribution in [0.4, 0.5) is 0 Å². The highest BCUT2D eigenvalue weighted by molar-refractivity contribution is 9.10. The topological polar surface area (TPSA) is 37.7 Å². The van der Waals surface area contributed by atoms with Gasteiger partial charge in [0.15, 0.2) is 5.17 Å². The maximum Gasteiger partial charge on any atom is 0.160 e. The van der Waals surface area contributed by atoms with Crippen molar-refractivity contribution in [2.45, 2.75) is 31.2 Å². The molecule has 0 N–H and O–H groups in total. The van der Waals surface area contributed by atoms with E-state index in [4.69, 9.17) is 9.73 Å². The monoisotopic (exact) mass is 417 g/mol. The molecule has 4 nitrogen and oxygen atoms in total. The van der Waals surface area contributed by atoms with Crippen LogP contribution in [0.1, 0.15) is 37.2 Å². The molecule has 1 fully saturated rings. The molecule has 130 valence electrons. The minimum atomic E-state index is -0.00953. The van der Waals surface area contributed by atoms with Crippen molar-refractivity contribution in [2.75, 3.05) is 13.2 Å². The van der Waals surface area contributed by atoms with E-state index < -0.39 is 0 Å². The quantitative estimate of drug-likeness (QED) is 0.713. The molecule has 0 aliphatic carbocycles. The number of rotatable bonds is 4. The first-order chi connectivity index (χ1) is 12.2.